The molecule has 120 valence electrons. The van der Waals surface area contributed by atoms with Gasteiger partial charge >= 0.3 is 0 Å². The van der Waals surface area contributed by atoms with Crippen molar-refractivity contribution in [3.8, 4) is 11.5 Å². The molecule has 0 spiro atoms. The van der Waals surface area contributed by atoms with Crippen LogP contribution in [0, 0.1) is 6.92 Å². The maximum absolute atomic E-state index is 5.47. The molecule has 0 unspecified atom stereocenters. The van der Waals surface area contributed by atoms with Crippen LogP contribution in [0.1, 0.15) is 38.2 Å². The first-order chi connectivity index (χ1) is 10.7. The molecule has 0 fully saturated rings. The zero-order valence-electron chi connectivity index (χ0n) is 14.0. The summed E-state index contributed by atoms with van der Waals surface area (Å²) >= 11 is 0. The second kappa shape index (κ2) is 7.87. The van der Waals surface area contributed by atoms with Gasteiger partial charge in [0.05, 0.1) is 14.2 Å². The SMILES string of the molecule is CCCCCCNc1cc(C)c2cc(OC)cc(OC)c2n1. The number of nitrogens with one attached hydrogen (secondary N) is 1. The average molecular weight is 302 g/mol. The van der Waals surface area contributed by atoms with E-state index in [1.54, 1.807) is 14.2 Å². The highest BCUT2D eigenvalue weighted by Gasteiger charge is 2.10. The number of aromatic nitrogens is 1. The number of anilines is 1. The number of pyridine rings is 1. The Morgan fingerprint density at radius 3 is 2.55 bits per heavy atom. The third-order valence-corrected chi connectivity index (χ3v) is 3.85. The van der Waals surface area contributed by atoms with Gasteiger partial charge < -0.3 is 14.8 Å². The molecule has 1 heterocycles. The van der Waals surface area contributed by atoms with Crippen molar-refractivity contribution in [2.24, 2.45) is 0 Å². The molecule has 0 aliphatic heterocycles. The van der Waals surface area contributed by atoms with Crippen LogP contribution in [-0.2, 0) is 0 Å². The van der Waals surface area contributed by atoms with Crippen LogP contribution in [0.2, 0.25) is 0 Å². The smallest absolute Gasteiger partial charge is 0.148 e. The second-order valence-electron chi connectivity index (χ2n) is 5.54. The van der Waals surface area contributed by atoms with E-state index in [0.717, 1.165) is 34.8 Å². The molecule has 2 aromatic rings. The van der Waals surface area contributed by atoms with E-state index in [9.17, 15) is 0 Å². The van der Waals surface area contributed by atoms with Crippen molar-refractivity contribution in [2.45, 2.75) is 39.5 Å². The van der Waals surface area contributed by atoms with Gasteiger partial charge in [0.1, 0.15) is 22.8 Å². The van der Waals surface area contributed by atoms with Crippen LogP contribution in [0.15, 0.2) is 18.2 Å². The van der Waals surface area contributed by atoms with Gasteiger partial charge in [-0.05, 0) is 31.0 Å². The van der Waals surface area contributed by atoms with Gasteiger partial charge in [0.25, 0.3) is 0 Å². The molecule has 4 nitrogen and oxygen atoms in total. The van der Waals surface area contributed by atoms with E-state index in [1.807, 2.05) is 12.1 Å². The van der Waals surface area contributed by atoms with Crippen LogP contribution in [0.4, 0.5) is 5.82 Å². The zero-order valence-corrected chi connectivity index (χ0v) is 14.0. The largest absolute Gasteiger partial charge is 0.497 e. The van der Waals surface area contributed by atoms with Crippen LogP contribution in [0.3, 0.4) is 0 Å². The van der Waals surface area contributed by atoms with Gasteiger partial charge in [-0.3, -0.25) is 0 Å². The molecule has 0 amide bonds. The lowest BCUT2D eigenvalue weighted by atomic mass is 10.1. The summed E-state index contributed by atoms with van der Waals surface area (Å²) in [4.78, 5) is 4.71. The Morgan fingerprint density at radius 1 is 1.05 bits per heavy atom. The van der Waals surface area contributed by atoms with E-state index in [0.29, 0.717) is 0 Å². The minimum Gasteiger partial charge on any atom is -0.497 e. The van der Waals surface area contributed by atoms with Crippen molar-refractivity contribution in [3.05, 3.63) is 23.8 Å². The molecule has 0 saturated heterocycles. The van der Waals surface area contributed by atoms with Crippen LogP contribution >= 0.6 is 0 Å². The minimum atomic E-state index is 0.743. The molecular weight excluding hydrogens is 276 g/mol. The molecule has 4 heteroatoms. The first kappa shape index (κ1) is 16.4. The fraction of sp³-hybridized carbons (Fsp3) is 0.500. The quantitative estimate of drug-likeness (QED) is 0.726. The lowest BCUT2D eigenvalue weighted by Crippen LogP contribution is -2.04. The number of rotatable bonds is 8. The number of fused-ring (bicyclic) bond motifs is 1. The molecule has 0 aliphatic rings. The van der Waals surface area contributed by atoms with E-state index < -0.39 is 0 Å². The van der Waals surface area contributed by atoms with Crippen LogP contribution < -0.4 is 14.8 Å². The highest BCUT2D eigenvalue weighted by Crippen LogP contribution is 2.32. The van der Waals surface area contributed by atoms with Gasteiger partial charge in [-0.2, -0.15) is 0 Å². The monoisotopic (exact) mass is 302 g/mol. The molecule has 0 bridgehead atoms. The Bertz CT molecular complexity index is 626. The van der Waals surface area contributed by atoms with Gasteiger partial charge in [-0.25, -0.2) is 4.98 Å². The van der Waals surface area contributed by atoms with E-state index >= 15 is 0 Å². The fourth-order valence-electron chi connectivity index (χ4n) is 2.57. The highest BCUT2D eigenvalue weighted by molar-refractivity contribution is 5.90. The van der Waals surface area contributed by atoms with E-state index in [-0.39, 0.29) is 0 Å². The third-order valence-electron chi connectivity index (χ3n) is 3.85. The zero-order chi connectivity index (χ0) is 15.9. The maximum atomic E-state index is 5.47. The van der Waals surface area contributed by atoms with E-state index in [4.69, 9.17) is 14.5 Å². The summed E-state index contributed by atoms with van der Waals surface area (Å²) in [5.41, 5.74) is 2.04. The number of hydrogen-bond donors (Lipinski definition) is 1. The first-order valence-electron chi connectivity index (χ1n) is 7.96. The molecule has 1 aromatic carbocycles. The summed E-state index contributed by atoms with van der Waals surface area (Å²) < 4.78 is 10.8. The molecular formula is C18H26N2O2. The molecule has 0 aliphatic carbocycles. The topological polar surface area (TPSA) is 43.4 Å². The summed E-state index contributed by atoms with van der Waals surface area (Å²) in [7, 11) is 3.33. The molecule has 2 rings (SSSR count). The van der Waals surface area contributed by atoms with Crippen LogP contribution in [-0.4, -0.2) is 25.7 Å². The predicted octanol–water partition coefficient (Wildman–Crippen LogP) is 4.55. The van der Waals surface area contributed by atoms with Crippen molar-refractivity contribution < 1.29 is 9.47 Å². The Balaban J connectivity index is 2.23. The molecule has 22 heavy (non-hydrogen) atoms. The Morgan fingerprint density at radius 2 is 1.86 bits per heavy atom. The number of ether oxygens (including phenoxy) is 2. The van der Waals surface area contributed by atoms with Crippen molar-refractivity contribution in [2.75, 3.05) is 26.1 Å². The molecule has 0 radical (unpaired) electrons. The fourth-order valence-corrected chi connectivity index (χ4v) is 2.57. The average Bonchev–Trinajstić information content (AvgIpc) is 2.54. The second-order valence-corrected chi connectivity index (χ2v) is 5.54. The standard InChI is InChI=1S/C18H26N2O2/c1-5-6-7-8-9-19-17-10-13(2)15-11-14(21-3)12-16(22-4)18(15)20-17/h10-12H,5-9H2,1-4H3,(H,19,20). The Hall–Kier alpha value is -1.97. The van der Waals surface area contributed by atoms with Crippen molar-refractivity contribution >= 4 is 16.7 Å². The lowest BCUT2D eigenvalue weighted by molar-refractivity contribution is 0.397. The normalized spacial score (nSPS) is 10.7. The van der Waals surface area contributed by atoms with Crippen molar-refractivity contribution in [1.82, 2.24) is 4.98 Å². The molecule has 1 aromatic heterocycles. The first-order valence-corrected chi connectivity index (χ1v) is 7.96. The molecule has 0 saturated carbocycles. The summed E-state index contributed by atoms with van der Waals surface area (Å²) in [6.07, 6.45) is 4.98. The number of hydrogen-bond acceptors (Lipinski definition) is 4. The summed E-state index contributed by atoms with van der Waals surface area (Å²) in [6, 6.07) is 5.96. The Kier molecular flexibility index (Phi) is 5.87. The van der Waals surface area contributed by atoms with Crippen LogP contribution in [0.5, 0.6) is 11.5 Å². The number of nitrogens with zero attached hydrogens (tertiary/aromatic N) is 1. The van der Waals surface area contributed by atoms with Gasteiger partial charge in [-0.1, -0.05) is 26.2 Å². The van der Waals surface area contributed by atoms with Gasteiger partial charge in [0.2, 0.25) is 0 Å². The number of aryl methyl sites for hydroxylation is 1. The van der Waals surface area contributed by atoms with Gasteiger partial charge in [-0.15, -0.1) is 0 Å². The summed E-state index contributed by atoms with van der Waals surface area (Å²) in [6.45, 7) is 5.27. The van der Waals surface area contributed by atoms with Crippen molar-refractivity contribution in [1.29, 1.82) is 0 Å². The highest BCUT2D eigenvalue weighted by atomic mass is 16.5. The number of methoxy groups -OCH3 is 2. The van der Waals surface area contributed by atoms with Gasteiger partial charge in [0.15, 0.2) is 0 Å². The minimum absolute atomic E-state index is 0.743. The lowest BCUT2D eigenvalue weighted by Gasteiger charge is -2.13. The number of unbranched alkanes of at least 4 members (excludes halogenated alkanes) is 3. The van der Waals surface area contributed by atoms with Crippen molar-refractivity contribution in [3.63, 3.8) is 0 Å². The summed E-state index contributed by atoms with van der Waals surface area (Å²) in [5.74, 6) is 2.44. The summed E-state index contributed by atoms with van der Waals surface area (Å²) in [5, 5.41) is 4.48. The third kappa shape index (κ3) is 3.81. The predicted molar refractivity (Wildman–Crippen MR) is 92.2 cm³/mol. The molecule has 0 atom stereocenters. The van der Waals surface area contributed by atoms with Crippen LogP contribution in [0.25, 0.3) is 10.9 Å². The molecule has 1 N–H and O–H groups in total. The Labute approximate surface area is 132 Å². The van der Waals surface area contributed by atoms with E-state index in [1.165, 1.54) is 31.2 Å². The maximum Gasteiger partial charge on any atom is 0.148 e. The van der Waals surface area contributed by atoms with Gasteiger partial charge in [0, 0.05) is 18.0 Å². The number of benzene rings is 1. The van der Waals surface area contributed by atoms with E-state index in [2.05, 4.69) is 25.2 Å².